The minimum Gasteiger partial charge on any atom is -0.756 e. The number of likely N-dealkylation sites (N-methyl/N-ethyl adjacent to an activating group) is 1. The predicted molar refractivity (Wildman–Crippen MR) is 340 cm³/mol. The smallest absolute Gasteiger partial charge is 0.306 e. The van der Waals surface area contributed by atoms with E-state index in [0.29, 0.717) is 17.4 Å². The van der Waals surface area contributed by atoms with Gasteiger partial charge in [0.2, 0.25) is 5.91 Å². The fourth-order valence-electron chi connectivity index (χ4n) is 10.3. The Morgan fingerprint density at radius 2 is 0.772 bits per heavy atom. The van der Waals surface area contributed by atoms with Gasteiger partial charge in [-0.3, -0.25) is 14.2 Å². The van der Waals surface area contributed by atoms with Crippen molar-refractivity contribution in [1.29, 1.82) is 0 Å². The molecule has 1 N–H and O–H groups in total. The molecular weight excluding hydrogens is 1000 g/mol. The first-order valence-electron chi connectivity index (χ1n) is 34.3. The molecule has 79 heavy (non-hydrogen) atoms. The van der Waals surface area contributed by atoms with Crippen molar-refractivity contribution in [3.05, 3.63) is 36.5 Å². The zero-order valence-corrected chi connectivity index (χ0v) is 54.2. The van der Waals surface area contributed by atoms with Gasteiger partial charge < -0.3 is 28.5 Å². The fraction of sp³-hybridized carbons (Fsp3) is 0.884. The Bertz CT molecular complexity index is 1450. The van der Waals surface area contributed by atoms with Crippen molar-refractivity contribution in [2.75, 3.05) is 40.9 Å². The normalized spacial score (nSPS) is 13.8. The highest BCUT2D eigenvalue weighted by Gasteiger charge is 2.27. The van der Waals surface area contributed by atoms with Crippen LogP contribution in [0.2, 0.25) is 0 Å². The summed E-state index contributed by atoms with van der Waals surface area (Å²) in [5.41, 5.74) is 0. The van der Waals surface area contributed by atoms with Crippen molar-refractivity contribution in [1.82, 2.24) is 5.32 Å². The molecule has 0 saturated heterocycles. The number of allylic oxidation sites excluding steroid dienone is 5. The second-order valence-corrected chi connectivity index (χ2v) is 26.1. The maximum absolute atomic E-state index is 13.6. The predicted octanol–water partition coefficient (Wildman–Crippen LogP) is 20.8. The number of rotatable bonds is 63. The molecule has 466 valence electrons. The molecule has 0 aliphatic rings. The van der Waals surface area contributed by atoms with Gasteiger partial charge in [0.15, 0.2) is 0 Å². The lowest BCUT2D eigenvalue weighted by Crippen LogP contribution is -2.47. The van der Waals surface area contributed by atoms with E-state index in [-0.39, 0.29) is 31.5 Å². The Morgan fingerprint density at radius 3 is 1.16 bits per heavy atom. The molecule has 0 fully saturated rings. The lowest BCUT2D eigenvalue weighted by Gasteiger charge is -2.30. The van der Waals surface area contributed by atoms with E-state index >= 15 is 0 Å². The standard InChI is InChI=1S/C69H133N2O7P/c1-7-10-13-16-19-22-25-27-29-31-32-33-34-35-36-37-38-40-41-43-46-49-52-55-58-61-68(72)70-66(65-77-79(74,75)76-64-63-71(4,5)6)67(60-57-54-51-48-45-24-21-18-15-12-9-3)78-69(73)62-59-56-53-50-47-44-42-39-30-28-26-23-20-17-14-11-8-2/h19,22,27,29,57,60,66-67H,7-18,20-21,23-26,28,30-56,58-59,61-65H2,1-6H3,(H-,70,72,74,75)/b22-19-,29-27-,60-57-. The van der Waals surface area contributed by atoms with Crippen molar-refractivity contribution in [2.24, 2.45) is 0 Å². The molecule has 10 heteroatoms. The van der Waals surface area contributed by atoms with Crippen LogP contribution in [-0.4, -0.2) is 69.4 Å². The Kier molecular flexibility index (Phi) is 58.1. The highest BCUT2D eigenvalue weighted by molar-refractivity contribution is 7.45. The number of ether oxygens (including phenoxy) is 1. The maximum atomic E-state index is 13.6. The van der Waals surface area contributed by atoms with Gasteiger partial charge in [0, 0.05) is 12.8 Å². The topological polar surface area (TPSA) is 114 Å². The van der Waals surface area contributed by atoms with Gasteiger partial charge in [-0.1, -0.05) is 302 Å². The number of hydrogen-bond donors (Lipinski definition) is 1. The summed E-state index contributed by atoms with van der Waals surface area (Å²) < 4.78 is 30.4. The number of nitrogens with one attached hydrogen (secondary N) is 1. The molecule has 0 saturated carbocycles. The molecule has 0 bridgehead atoms. The molecule has 0 aromatic carbocycles. The van der Waals surface area contributed by atoms with Crippen LogP contribution in [0.4, 0.5) is 0 Å². The van der Waals surface area contributed by atoms with Crippen LogP contribution in [0.3, 0.4) is 0 Å². The van der Waals surface area contributed by atoms with Gasteiger partial charge in [0.05, 0.1) is 33.8 Å². The molecule has 0 aromatic heterocycles. The minimum atomic E-state index is -4.70. The van der Waals surface area contributed by atoms with Crippen LogP contribution in [0.25, 0.3) is 0 Å². The monoisotopic (exact) mass is 1130 g/mol. The van der Waals surface area contributed by atoms with Gasteiger partial charge >= 0.3 is 5.97 Å². The first-order valence-corrected chi connectivity index (χ1v) is 35.8. The Balaban J connectivity index is 5.01. The van der Waals surface area contributed by atoms with Gasteiger partial charge in [-0.15, -0.1) is 0 Å². The zero-order valence-electron chi connectivity index (χ0n) is 53.3. The molecule has 1 amide bonds. The van der Waals surface area contributed by atoms with Crippen LogP contribution in [0.1, 0.15) is 342 Å². The molecule has 0 heterocycles. The lowest BCUT2D eigenvalue weighted by atomic mass is 10.0. The summed E-state index contributed by atoms with van der Waals surface area (Å²) in [5.74, 6) is -0.523. The van der Waals surface area contributed by atoms with E-state index in [1.807, 2.05) is 33.3 Å². The Morgan fingerprint density at radius 1 is 0.443 bits per heavy atom. The zero-order chi connectivity index (χ0) is 57.9. The quantitative estimate of drug-likeness (QED) is 0.0212. The van der Waals surface area contributed by atoms with E-state index in [2.05, 4.69) is 50.4 Å². The molecular formula is C69H133N2O7P. The molecule has 0 aliphatic carbocycles. The molecule has 0 aliphatic heterocycles. The maximum Gasteiger partial charge on any atom is 0.306 e. The third kappa shape index (κ3) is 60.6. The molecule has 0 spiro atoms. The van der Waals surface area contributed by atoms with E-state index in [4.69, 9.17) is 13.8 Å². The van der Waals surface area contributed by atoms with Crippen molar-refractivity contribution in [3.63, 3.8) is 0 Å². The third-order valence-corrected chi connectivity index (χ3v) is 16.5. The van der Waals surface area contributed by atoms with E-state index in [1.54, 1.807) is 0 Å². The molecule has 3 unspecified atom stereocenters. The number of carbonyl (C=O) groups is 2. The summed E-state index contributed by atoms with van der Waals surface area (Å²) >= 11 is 0. The number of nitrogens with zero attached hydrogens (tertiary/aromatic N) is 1. The highest BCUT2D eigenvalue weighted by atomic mass is 31.2. The van der Waals surface area contributed by atoms with Gasteiger partial charge in [0.1, 0.15) is 19.3 Å². The van der Waals surface area contributed by atoms with Crippen LogP contribution < -0.4 is 10.2 Å². The summed E-state index contributed by atoms with van der Waals surface area (Å²) in [4.78, 5) is 40.1. The van der Waals surface area contributed by atoms with Gasteiger partial charge in [-0.25, -0.2) is 0 Å². The third-order valence-electron chi connectivity index (χ3n) is 15.6. The van der Waals surface area contributed by atoms with Gasteiger partial charge in [0.25, 0.3) is 7.82 Å². The number of carbonyl (C=O) groups excluding carboxylic acids is 2. The molecule has 0 aromatic rings. The number of phosphoric ester groups is 1. The van der Waals surface area contributed by atoms with Crippen LogP contribution in [0, 0.1) is 0 Å². The fourth-order valence-corrected chi connectivity index (χ4v) is 11.0. The number of phosphoric acid groups is 1. The van der Waals surface area contributed by atoms with Crippen molar-refractivity contribution < 1.29 is 37.3 Å². The molecule has 3 atom stereocenters. The summed E-state index contributed by atoms with van der Waals surface area (Å²) in [7, 11) is 1.20. The van der Waals surface area contributed by atoms with Crippen molar-refractivity contribution >= 4 is 19.7 Å². The van der Waals surface area contributed by atoms with Crippen LogP contribution in [-0.2, 0) is 27.9 Å². The van der Waals surface area contributed by atoms with E-state index in [1.165, 1.54) is 244 Å². The second kappa shape index (κ2) is 59.4. The molecule has 9 nitrogen and oxygen atoms in total. The SMILES string of the molecule is CCCCC/C=C\C/C=C\CCCCCCCCCCCCCCCCCC(=O)NC(COP(=O)([O-])OCC[N+](C)(C)C)C(/C=C\CCCCCCCCCCC)OC(=O)CCCCCCCCCCCCCCCCCCC. The molecule has 0 rings (SSSR count). The van der Waals surface area contributed by atoms with Crippen LogP contribution >= 0.6 is 7.82 Å². The summed E-state index contributed by atoms with van der Waals surface area (Å²) in [6, 6.07) is -0.884. The van der Waals surface area contributed by atoms with Crippen molar-refractivity contribution in [3.8, 4) is 0 Å². The average Bonchev–Trinajstić information content (AvgIpc) is 3.41. The summed E-state index contributed by atoms with van der Waals surface area (Å²) in [6.07, 6.45) is 72.6. The van der Waals surface area contributed by atoms with Gasteiger partial charge in [-0.2, -0.15) is 0 Å². The average molecular weight is 1130 g/mol. The largest absolute Gasteiger partial charge is 0.756 e. The van der Waals surface area contributed by atoms with Crippen molar-refractivity contribution in [2.45, 2.75) is 354 Å². The minimum absolute atomic E-state index is 0.0191. The number of hydrogen-bond acceptors (Lipinski definition) is 7. The number of quaternary nitrogens is 1. The first kappa shape index (κ1) is 77.2. The number of amides is 1. The second-order valence-electron chi connectivity index (χ2n) is 24.7. The Hall–Kier alpha value is -1.77. The van der Waals surface area contributed by atoms with E-state index < -0.39 is 20.0 Å². The Labute approximate surface area is 491 Å². The van der Waals surface area contributed by atoms with Gasteiger partial charge in [-0.05, 0) is 63.9 Å². The summed E-state index contributed by atoms with van der Waals surface area (Å²) in [6.45, 7) is 6.87. The van der Waals surface area contributed by atoms with E-state index in [0.717, 1.165) is 64.2 Å². The van der Waals surface area contributed by atoms with Crippen LogP contribution in [0.5, 0.6) is 0 Å². The molecule has 0 radical (unpaired) electrons. The lowest BCUT2D eigenvalue weighted by molar-refractivity contribution is -0.870. The summed E-state index contributed by atoms with van der Waals surface area (Å²) in [5, 5.41) is 3.04. The van der Waals surface area contributed by atoms with Crippen LogP contribution in [0.15, 0.2) is 36.5 Å². The number of esters is 1. The van der Waals surface area contributed by atoms with E-state index in [9.17, 15) is 19.0 Å². The highest BCUT2D eigenvalue weighted by Crippen LogP contribution is 2.38. The first-order chi connectivity index (χ1) is 38.4. The number of unbranched alkanes of at least 4 members (excludes halogenated alkanes) is 43.